The molecule has 0 aliphatic rings. The van der Waals surface area contributed by atoms with E-state index < -0.39 is 16.0 Å². The maximum Gasteiger partial charge on any atom is 0.346 e. The molecule has 0 amide bonds. The number of hydrogen-bond acceptors (Lipinski definition) is 5. The van der Waals surface area contributed by atoms with Crippen LogP contribution in [0.15, 0.2) is 10.3 Å². The number of carbonyl (C=O) groups is 1. The first-order chi connectivity index (χ1) is 8.38. The molecule has 1 heterocycles. The summed E-state index contributed by atoms with van der Waals surface area (Å²) < 4.78 is 30.9. The molecule has 8 heteroatoms. The molecule has 1 aromatic rings. The molecular formula is C10H15NO5S2. The summed E-state index contributed by atoms with van der Waals surface area (Å²) in [5.74, 6) is -1.11. The molecule has 2 N–H and O–H groups in total. The number of sulfonamides is 1. The summed E-state index contributed by atoms with van der Waals surface area (Å²) in [7, 11) is -2.09. The lowest BCUT2D eigenvalue weighted by Gasteiger charge is -2.03. The first-order valence-corrected chi connectivity index (χ1v) is 7.51. The second-order valence-electron chi connectivity index (χ2n) is 3.63. The van der Waals surface area contributed by atoms with E-state index in [2.05, 4.69) is 4.72 Å². The molecule has 1 rings (SSSR count). The van der Waals surface area contributed by atoms with Gasteiger partial charge in [-0.1, -0.05) is 0 Å². The molecule has 0 aliphatic heterocycles. The minimum Gasteiger partial charge on any atom is -0.477 e. The molecule has 0 aliphatic carbocycles. The predicted molar refractivity (Wildman–Crippen MR) is 67.7 cm³/mol. The van der Waals surface area contributed by atoms with Crippen molar-refractivity contribution in [1.29, 1.82) is 0 Å². The highest BCUT2D eigenvalue weighted by atomic mass is 32.2. The highest BCUT2D eigenvalue weighted by Crippen LogP contribution is 2.25. The second-order valence-corrected chi connectivity index (χ2v) is 6.67. The highest BCUT2D eigenvalue weighted by molar-refractivity contribution is 7.91. The molecule has 0 saturated carbocycles. The zero-order valence-electron chi connectivity index (χ0n) is 10.1. The Morgan fingerprint density at radius 2 is 2.22 bits per heavy atom. The fourth-order valence-corrected chi connectivity index (χ4v) is 3.79. The standard InChI is InChI=1S/C10H15NO5S2/c1-7-6-8(17-9(7)10(12)13)18(14,15)11-4-3-5-16-2/h6,11H,3-5H2,1-2H3,(H,12,13). The van der Waals surface area contributed by atoms with Gasteiger partial charge in [-0.15, -0.1) is 11.3 Å². The largest absolute Gasteiger partial charge is 0.477 e. The average molecular weight is 293 g/mol. The summed E-state index contributed by atoms with van der Waals surface area (Å²) in [6.07, 6.45) is 0.561. The number of aromatic carboxylic acids is 1. The Morgan fingerprint density at radius 1 is 1.56 bits per heavy atom. The quantitative estimate of drug-likeness (QED) is 0.734. The summed E-state index contributed by atoms with van der Waals surface area (Å²) in [5.41, 5.74) is 0.449. The van der Waals surface area contributed by atoms with E-state index in [0.717, 1.165) is 11.3 Å². The summed E-state index contributed by atoms with van der Waals surface area (Å²) in [6, 6.07) is 1.37. The SMILES string of the molecule is COCCCNS(=O)(=O)c1cc(C)c(C(=O)O)s1. The molecule has 0 aromatic carbocycles. The van der Waals surface area contributed by atoms with E-state index in [4.69, 9.17) is 9.84 Å². The fraction of sp³-hybridized carbons (Fsp3) is 0.500. The van der Waals surface area contributed by atoms with Crippen LogP contribution in [-0.4, -0.2) is 39.8 Å². The Bertz CT molecular complexity index is 520. The monoisotopic (exact) mass is 293 g/mol. The molecule has 0 atom stereocenters. The lowest BCUT2D eigenvalue weighted by Crippen LogP contribution is -2.24. The Labute approximate surface area is 110 Å². The van der Waals surface area contributed by atoms with Crippen LogP contribution in [0, 0.1) is 6.92 Å². The van der Waals surface area contributed by atoms with Gasteiger partial charge in [-0.05, 0) is 25.0 Å². The van der Waals surface area contributed by atoms with Gasteiger partial charge in [0.15, 0.2) is 0 Å². The van der Waals surface area contributed by atoms with E-state index in [1.54, 1.807) is 6.92 Å². The first kappa shape index (κ1) is 15.1. The number of aryl methyl sites for hydroxylation is 1. The Kier molecular flexibility index (Phi) is 5.27. The zero-order valence-corrected chi connectivity index (χ0v) is 11.7. The van der Waals surface area contributed by atoms with Gasteiger partial charge < -0.3 is 9.84 Å². The average Bonchev–Trinajstić information content (AvgIpc) is 2.68. The van der Waals surface area contributed by atoms with Gasteiger partial charge in [0.05, 0.1) is 0 Å². The molecule has 6 nitrogen and oxygen atoms in total. The summed E-state index contributed by atoms with van der Waals surface area (Å²) >= 11 is 0.757. The van der Waals surface area contributed by atoms with Crippen LogP contribution in [0.3, 0.4) is 0 Å². The van der Waals surface area contributed by atoms with Gasteiger partial charge in [-0.25, -0.2) is 17.9 Å². The van der Waals surface area contributed by atoms with Crippen molar-refractivity contribution < 1.29 is 23.1 Å². The summed E-state index contributed by atoms with van der Waals surface area (Å²) in [6.45, 7) is 2.30. The minimum absolute atomic E-state index is 0.0230. The molecule has 0 fully saturated rings. The van der Waals surface area contributed by atoms with Crippen LogP contribution in [0.1, 0.15) is 21.7 Å². The molecule has 0 bridgehead atoms. The van der Waals surface area contributed by atoms with Crippen LogP contribution in [0.5, 0.6) is 0 Å². The number of carboxylic acids is 1. The Morgan fingerprint density at radius 3 is 2.72 bits per heavy atom. The normalized spacial score (nSPS) is 11.7. The van der Waals surface area contributed by atoms with E-state index in [-0.39, 0.29) is 15.6 Å². The van der Waals surface area contributed by atoms with Crippen LogP contribution in [0.4, 0.5) is 0 Å². The molecule has 0 radical (unpaired) electrons. The minimum atomic E-state index is -3.63. The van der Waals surface area contributed by atoms with Crippen LogP contribution in [0.2, 0.25) is 0 Å². The van der Waals surface area contributed by atoms with E-state index in [1.807, 2.05) is 0 Å². The van der Waals surface area contributed by atoms with Gasteiger partial charge in [-0.2, -0.15) is 0 Å². The van der Waals surface area contributed by atoms with Crippen LogP contribution in [-0.2, 0) is 14.8 Å². The van der Waals surface area contributed by atoms with Crippen molar-refractivity contribution in [3.63, 3.8) is 0 Å². The molecule has 0 unspecified atom stereocenters. The van der Waals surface area contributed by atoms with Gasteiger partial charge in [-0.3, -0.25) is 0 Å². The van der Waals surface area contributed by atoms with E-state index >= 15 is 0 Å². The van der Waals surface area contributed by atoms with Crippen molar-refractivity contribution in [2.45, 2.75) is 17.6 Å². The van der Waals surface area contributed by atoms with Crippen molar-refractivity contribution in [3.05, 3.63) is 16.5 Å². The number of hydrogen-bond donors (Lipinski definition) is 2. The van der Waals surface area contributed by atoms with Crippen molar-refractivity contribution >= 4 is 27.3 Å². The molecule has 0 saturated heterocycles. The molecular weight excluding hydrogens is 278 g/mol. The fourth-order valence-electron chi connectivity index (χ4n) is 1.29. The van der Waals surface area contributed by atoms with Crippen molar-refractivity contribution in [1.82, 2.24) is 4.72 Å². The molecule has 18 heavy (non-hydrogen) atoms. The van der Waals surface area contributed by atoms with Crippen molar-refractivity contribution in [2.24, 2.45) is 0 Å². The first-order valence-electron chi connectivity index (χ1n) is 5.21. The van der Waals surface area contributed by atoms with Crippen molar-refractivity contribution in [3.8, 4) is 0 Å². The van der Waals surface area contributed by atoms with Gasteiger partial charge in [0.25, 0.3) is 0 Å². The lowest BCUT2D eigenvalue weighted by atomic mass is 10.3. The third-order valence-corrected chi connectivity index (χ3v) is 5.33. The highest BCUT2D eigenvalue weighted by Gasteiger charge is 2.21. The number of methoxy groups -OCH3 is 1. The third-order valence-electron chi connectivity index (χ3n) is 2.17. The van der Waals surface area contributed by atoms with Gasteiger partial charge in [0.1, 0.15) is 9.09 Å². The predicted octanol–water partition coefficient (Wildman–Crippen LogP) is 1.07. The number of nitrogens with one attached hydrogen (secondary N) is 1. The van der Waals surface area contributed by atoms with Crippen LogP contribution < -0.4 is 4.72 Å². The van der Waals surface area contributed by atoms with E-state index in [9.17, 15) is 13.2 Å². The molecule has 102 valence electrons. The number of rotatable bonds is 7. The maximum atomic E-state index is 11.8. The van der Waals surface area contributed by atoms with Crippen LogP contribution >= 0.6 is 11.3 Å². The van der Waals surface area contributed by atoms with E-state index in [1.165, 1.54) is 13.2 Å². The number of ether oxygens (including phenoxy) is 1. The topological polar surface area (TPSA) is 92.7 Å². The van der Waals surface area contributed by atoms with Gasteiger partial charge in [0, 0.05) is 20.3 Å². The number of thiophene rings is 1. The van der Waals surface area contributed by atoms with Gasteiger partial charge >= 0.3 is 5.97 Å². The van der Waals surface area contributed by atoms with Crippen LogP contribution in [0.25, 0.3) is 0 Å². The summed E-state index contributed by atoms with van der Waals surface area (Å²) in [4.78, 5) is 10.9. The Hall–Kier alpha value is -0.960. The zero-order chi connectivity index (χ0) is 13.8. The molecule has 1 aromatic heterocycles. The lowest BCUT2D eigenvalue weighted by molar-refractivity contribution is 0.0701. The summed E-state index contributed by atoms with van der Waals surface area (Å²) in [5, 5.41) is 8.87. The maximum absolute atomic E-state index is 11.8. The molecule has 0 spiro atoms. The van der Waals surface area contributed by atoms with Gasteiger partial charge in [0.2, 0.25) is 10.0 Å². The van der Waals surface area contributed by atoms with Crippen molar-refractivity contribution in [2.75, 3.05) is 20.3 Å². The second kappa shape index (κ2) is 6.28. The Balaban J connectivity index is 2.79. The number of carboxylic acid groups (broad SMARTS) is 1. The smallest absolute Gasteiger partial charge is 0.346 e. The van der Waals surface area contributed by atoms with E-state index in [0.29, 0.717) is 18.6 Å². The third kappa shape index (κ3) is 3.77.